The van der Waals surface area contributed by atoms with Crippen LogP contribution in [0.15, 0.2) is 292 Å². The van der Waals surface area contributed by atoms with Gasteiger partial charge in [0.25, 0.3) is 0 Å². The molecule has 13 rings (SSSR count). The molecule has 0 fully saturated rings. The van der Waals surface area contributed by atoms with E-state index in [1.165, 1.54) is 100 Å². The maximum absolute atomic E-state index is 4.44. The number of rotatable bonds is 7. The first-order valence-corrected chi connectivity index (χ1v) is 31.1. The molecule has 6 radical (unpaired) electrons. The van der Waals surface area contributed by atoms with Gasteiger partial charge in [-0.2, -0.15) is 0 Å². The second-order valence-corrected chi connectivity index (χ2v) is 23.7. The molecule has 0 saturated carbocycles. The minimum Gasteiger partial charge on any atom is -0.256 e. The number of nitrogens with zero attached hydrogens (tertiary/aromatic N) is 6. The Balaban J connectivity index is 0.000000393. The largest absolute Gasteiger partial charge is 0.256 e. The van der Waals surface area contributed by atoms with Crippen molar-refractivity contribution in [2.24, 2.45) is 0 Å². The molecule has 0 saturated heterocycles. The van der Waals surface area contributed by atoms with E-state index < -0.39 is 0 Å². The molecule has 13 aromatic rings. The SMILES string of the molecule is Cc1cc(C(C)(C)C)ccc1-c1ccccn1.Cc1ccc(-c2ccccc2)cc1-c1ccccn1.Cc1ccc(-c2ccccn2)c(C)c1.Cc1ccccc1-c1ccccn1.Cc1ccccc1-c1ncccc1C.Cc1ccnc(-c2ccccc2C)c1.[Ir].[Ir].[Ir].[Ir].[Ir].[Ir]. The van der Waals surface area contributed by atoms with Crippen molar-refractivity contribution in [2.45, 2.75) is 88.5 Å². The number of aryl methyl sites for hydroxylation is 9. The molecule has 7 aromatic carbocycles. The Morgan fingerprint density at radius 1 is 0.216 bits per heavy atom. The predicted molar refractivity (Wildman–Crippen MR) is 385 cm³/mol. The van der Waals surface area contributed by atoms with Gasteiger partial charge in [-0.1, -0.05) is 208 Å². The molecule has 12 heteroatoms. The van der Waals surface area contributed by atoms with Gasteiger partial charge < -0.3 is 0 Å². The summed E-state index contributed by atoms with van der Waals surface area (Å²) in [5.41, 5.74) is 29.0. The maximum atomic E-state index is 4.44. The fraction of sp³-hybridized carbons (Fsp3) is 0.153. The standard InChI is InChI=1S/C18H15N.C16H19N.3C13H13N.C12H11N.6Ir/c1-14-10-11-16(15-7-3-2-4-8-15)13-17(14)18-9-5-6-12-19-18;1-12-11-13(16(2,3)4)8-9-14(12)15-7-5-6-10-17-15;1-10-6-3-4-8-12(10)13-11(2)7-5-9-14-13;1-10-6-7-12(11(2)9-10)13-5-3-4-8-14-13;1-10-7-8-14-13(9-10)12-6-4-3-5-11(12)2;1-10-6-2-3-7-11(10)12-8-4-5-9-13-12;;;;;;/h2-13H,1H3;5-11H,1-4H3;3*3-9H,1-2H3;2-9H,1H3;;;;;;. The van der Waals surface area contributed by atoms with Crippen molar-refractivity contribution in [2.75, 3.05) is 0 Å². The van der Waals surface area contributed by atoms with Crippen LogP contribution in [0.5, 0.6) is 0 Å². The van der Waals surface area contributed by atoms with Gasteiger partial charge in [-0.25, -0.2) is 0 Å². The van der Waals surface area contributed by atoms with E-state index in [9.17, 15) is 0 Å². The van der Waals surface area contributed by atoms with Gasteiger partial charge in [-0.05, 0) is 202 Å². The summed E-state index contributed by atoms with van der Waals surface area (Å²) in [7, 11) is 0. The van der Waals surface area contributed by atoms with Gasteiger partial charge >= 0.3 is 0 Å². The summed E-state index contributed by atoms with van der Waals surface area (Å²) in [4.78, 5) is 26.3. The van der Waals surface area contributed by atoms with Crippen LogP contribution in [0.1, 0.15) is 76.4 Å². The first-order valence-electron chi connectivity index (χ1n) is 31.1. The molecular weight excluding hydrogens is 2260 g/mol. The van der Waals surface area contributed by atoms with Crippen LogP contribution in [-0.2, 0) is 126 Å². The molecular formula is C85H84Ir6N6. The maximum Gasteiger partial charge on any atom is 0.0733 e. The molecule has 0 aliphatic heterocycles. The van der Waals surface area contributed by atoms with Crippen LogP contribution < -0.4 is 0 Å². The molecule has 0 spiro atoms. The van der Waals surface area contributed by atoms with E-state index in [1.54, 1.807) is 0 Å². The molecule has 0 N–H and O–H groups in total. The van der Waals surface area contributed by atoms with Crippen molar-refractivity contribution in [3.8, 4) is 78.7 Å². The van der Waals surface area contributed by atoms with Gasteiger partial charge in [0, 0.05) is 191 Å². The van der Waals surface area contributed by atoms with Crippen molar-refractivity contribution >= 4 is 0 Å². The van der Waals surface area contributed by atoms with Crippen LogP contribution in [0.3, 0.4) is 0 Å². The van der Waals surface area contributed by atoms with E-state index in [-0.39, 0.29) is 126 Å². The minimum atomic E-state index is 0. The number of benzene rings is 7. The van der Waals surface area contributed by atoms with Gasteiger partial charge in [-0.3, -0.25) is 29.9 Å². The van der Waals surface area contributed by atoms with Crippen LogP contribution in [0.2, 0.25) is 0 Å². The Hall–Kier alpha value is -6.66. The molecule has 6 aromatic heterocycles. The normalized spacial score (nSPS) is 9.77. The molecule has 0 amide bonds. The third-order valence-corrected chi connectivity index (χ3v) is 15.5. The molecule has 97 heavy (non-hydrogen) atoms. The van der Waals surface area contributed by atoms with Crippen LogP contribution in [0.25, 0.3) is 78.7 Å². The summed E-state index contributed by atoms with van der Waals surface area (Å²) in [6, 6.07) is 87.2. The zero-order valence-corrected chi connectivity index (χ0v) is 71.3. The number of hydrogen-bond donors (Lipinski definition) is 0. The van der Waals surface area contributed by atoms with Crippen molar-refractivity contribution in [1.82, 2.24) is 29.9 Å². The summed E-state index contributed by atoms with van der Waals surface area (Å²) < 4.78 is 0. The van der Waals surface area contributed by atoms with Crippen LogP contribution >= 0.6 is 0 Å². The van der Waals surface area contributed by atoms with E-state index in [1.807, 2.05) is 134 Å². The minimum absolute atomic E-state index is 0. The Morgan fingerprint density at radius 2 is 0.588 bits per heavy atom. The van der Waals surface area contributed by atoms with E-state index in [0.29, 0.717) is 0 Å². The molecule has 0 unspecified atom stereocenters. The zero-order chi connectivity index (χ0) is 64.5. The van der Waals surface area contributed by atoms with Gasteiger partial charge in [0.05, 0.1) is 34.2 Å². The molecule has 0 aliphatic rings. The third kappa shape index (κ3) is 26.5. The van der Waals surface area contributed by atoms with E-state index >= 15 is 0 Å². The van der Waals surface area contributed by atoms with Gasteiger partial charge in [0.1, 0.15) is 0 Å². The van der Waals surface area contributed by atoms with E-state index in [2.05, 4.69) is 271 Å². The molecule has 6 heterocycles. The van der Waals surface area contributed by atoms with Crippen LogP contribution in [0, 0.1) is 62.3 Å². The zero-order valence-electron chi connectivity index (χ0n) is 56.9. The Labute approximate surface area is 658 Å². The Kier molecular flexibility index (Phi) is 39.5. The molecule has 0 bridgehead atoms. The summed E-state index contributed by atoms with van der Waals surface area (Å²) in [6.45, 7) is 25.7. The van der Waals surface area contributed by atoms with Crippen LogP contribution in [-0.4, -0.2) is 29.9 Å². The van der Waals surface area contributed by atoms with Gasteiger partial charge in [-0.15, -0.1) is 0 Å². The number of hydrogen-bond acceptors (Lipinski definition) is 6. The summed E-state index contributed by atoms with van der Waals surface area (Å²) in [5, 5.41) is 0. The monoisotopic (exact) mass is 2350 g/mol. The number of aromatic nitrogens is 6. The summed E-state index contributed by atoms with van der Waals surface area (Å²) in [5.74, 6) is 0. The average molecular weight is 2340 g/mol. The van der Waals surface area contributed by atoms with Crippen molar-refractivity contribution in [1.29, 1.82) is 0 Å². The van der Waals surface area contributed by atoms with E-state index in [0.717, 1.165) is 34.2 Å². The average Bonchev–Trinajstić information content (AvgIpc) is 0.886. The van der Waals surface area contributed by atoms with Crippen molar-refractivity contribution < 1.29 is 121 Å². The third-order valence-electron chi connectivity index (χ3n) is 15.5. The quantitative estimate of drug-likeness (QED) is 0.158. The fourth-order valence-electron chi connectivity index (χ4n) is 10.3. The van der Waals surface area contributed by atoms with Crippen molar-refractivity contribution in [3.63, 3.8) is 0 Å². The molecule has 0 aliphatic carbocycles. The molecule has 508 valence electrons. The van der Waals surface area contributed by atoms with Crippen molar-refractivity contribution in [3.05, 3.63) is 348 Å². The summed E-state index contributed by atoms with van der Waals surface area (Å²) in [6.07, 6.45) is 11.0. The molecule has 0 atom stereocenters. The first kappa shape index (κ1) is 86.4. The Bertz CT molecular complexity index is 4340. The smallest absolute Gasteiger partial charge is 0.0733 e. The first-order chi connectivity index (χ1) is 44.0. The topological polar surface area (TPSA) is 77.3 Å². The van der Waals surface area contributed by atoms with Gasteiger partial charge in [0.2, 0.25) is 0 Å². The number of pyridine rings is 6. The predicted octanol–water partition coefficient (Wildman–Crippen LogP) is 22.2. The van der Waals surface area contributed by atoms with E-state index in [4.69, 9.17) is 0 Å². The van der Waals surface area contributed by atoms with Crippen LogP contribution in [0.4, 0.5) is 0 Å². The molecule has 6 nitrogen and oxygen atoms in total. The second kappa shape index (κ2) is 44.4. The second-order valence-electron chi connectivity index (χ2n) is 23.7. The fourth-order valence-corrected chi connectivity index (χ4v) is 10.3. The Morgan fingerprint density at radius 3 is 1.02 bits per heavy atom. The van der Waals surface area contributed by atoms with Gasteiger partial charge in [0.15, 0.2) is 0 Å². The summed E-state index contributed by atoms with van der Waals surface area (Å²) >= 11 is 0.